The van der Waals surface area contributed by atoms with Crippen molar-refractivity contribution in [2.45, 2.75) is 32.3 Å². The average molecular weight is 502 g/mol. The third kappa shape index (κ3) is 5.66. The highest BCUT2D eigenvalue weighted by Gasteiger charge is 2.46. The molecular weight excluding hydrogens is 483 g/mol. The van der Waals surface area contributed by atoms with Crippen LogP contribution in [0.15, 0.2) is 30.3 Å². The van der Waals surface area contributed by atoms with Gasteiger partial charge in [-0.2, -0.15) is 0 Å². The van der Waals surface area contributed by atoms with Crippen molar-refractivity contribution in [2.75, 3.05) is 4.23 Å². The predicted molar refractivity (Wildman–Crippen MR) is 119 cm³/mol. The molecule has 0 unspecified atom stereocenters. The zero-order valence-corrected chi connectivity index (χ0v) is 21.5. The van der Waals surface area contributed by atoms with E-state index in [1.54, 1.807) is 0 Å². The lowest BCUT2D eigenvalue weighted by molar-refractivity contribution is 0.544. The van der Waals surface area contributed by atoms with Gasteiger partial charge in [-0.25, -0.2) is 0 Å². The average Bonchev–Trinajstić information content (AvgIpc) is 2.65. The van der Waals surface area contributed by atoms with Crippen molar-refractivity contribution in [3.05, 3.63) is 30.3 Å². The third-order valence-electron chi connectivity index (χ3n) is 3.80. The summed E-state index contributed by atoms with van der Waals surface area (Å²) >= 11 is 35.3. The standard InChI is InChI=1S/C6H6Cl6.C6H13N3Si3/c7-1-2(8)4(10)6(12)5(11)3(1)9;1-2-4-6(5-3-1)9-11-7-10-8-12-9/h1-6H;1-5,7-8H,10-12H2. The van der Waals surface area contributed by atoms with Crippen LogP contribution >= 0.6 is 69.6 Å². The van der Waals surface area contributed by atoms with Gasteiger partial charge in [0.1, 0.15) is 0 Å². The number of nitrogens with one attached hydrogen (secondary N) is 2. The van der Waals surface area contributed by atoms with E-state index in [9.17, 15) is 0 Å². The fraction of sp³-hybridized carbons (Fsp3) is 0.500. The molecule has 2 fully saturated rings. The molecular formula is C12H19Cl6N3Si3. The summed E-state index contributed by atoms with van der Waals surface area (Å²) in [6, 6.07) is 10.7. The Balaban J connectivity index is 0.000000174. The normalized spacial score (nSPS) is 39.7. The van der Waals surface area contributed by atoms with E-state index in [1.165, 1.54) is 5.69 Å². The van der Waals surface area contributed by atoms with E-state index in [0.29, 0.717) is 0 Å². The van der Waals surface area contributed by atoms with E-state index in [0.717, 1.165) is 0 Å². The first-order valence-corrected chi connectivity index (χ1v) is 14.2. The van der Waals surface area contributed by atoms with Crippen LogP contribution in [0.25, 0.3) is 0 Å². The van der Waals surface area contributed by atoms with Crippen LogP contribution in [-0.4, -0.2) is 61.8 Å². The van der Waals surface area contributed by atoms with Crippen LogP contribution in [0, 0.1) is 0 Å². The van der Waals surface area contributed by atoms with Gasteiger partial charge in [0.15, 0.2) is 29.5 Å². The lowest BCUT2D eigenvalue weighted by Crippen LogP contribution is -2.58. The fourth-order valence-electron chi connectivity index (χ4n) is 2.40. The van der Waals surface area contributed by atoms with Crippen molar-refractivity contribution in [3.63, 3.8) is 0 Å². The summed E-state index contributed by atoms with van der Waals surface area (Å²) in [6.45, 7) is 0. The molecule has 3 rings (SSSR count). The highest BCUT2D eigenvalue weighted by molar-refractivity contribution is 6.73. The van der Waals surface area contributed by atoms with Crippen molar-refractivity contribution >= 4 is 105 Å². The second-order valence-electron chi connectivity index (χ2n) is 5.53. The monoisotopic (exact) mass is 499 g/mol. The second-order valence-corrected chi connectivity index (χ2v) is 16.0. The molecule has 0 aromatic heterocycles. The van der Waals surface area contributed by atoms with Crippen LogP contribution in [0.1, 0.15) is 0 Å². The van der Waals surface area contributed by atoms with Crippen LogP contribution in [-0.2, 0) is 0 Å². The molecule has 12 heteroatoms. The van der Waals surface area contributed by atoms with Gasteiger partial charge in [-0.15, -0.1) is 69.6 Å². The molecule has 1 aliphatic carbocycles. The summed E-state index contributed by atoms with van der Waals surface area (Å²) in [5, 5.41) is -2.62. The Morgan fingerprint density at radius 3 is 1.42 bits per heavy atom. The molecule has 1 aliphatic heterocycles. The van der Waals surface area contributed by atoms with Crippen LogP contribution in [0.5, 0.6) is 0 Å². The maximum Gasteiger partial charge on any atom is 0.185 e. The van der Waals surface area contributed by atoms with Crippen molar-refractivity contribution < 1.29 is 0 Å². The number of rotatable bonds is 1. The number of benzene rings is 1. The van der Waals surface area contributed by atoms with Crippen molar-refractivity contribution in [1.29, 1.82) is 0 Å². The van der Waals surface area contributed by atoms with Crippen LogP contribution < -0.4 is 13.5 Å². The molecule has 0 bridgehead atoms. The Morgan fingerprint density at radius 1 is 0.667 bits per heavy atom. The van der Waals surface area contributed by atoms with Crippen LogP contribution in [0.2, 0.25) is 0 Å². The lowest BCUT2D eigenvalue weighted by Gasteiger charge is -2.37. The number of halogens is 6. The molecule has 1 aromatic carbocycles. The van der Waals surface area contributed by atoms with E-state index in [4.69, 9.17) is 69.6 Å². The zero-order chi connectivity index (χ0) is 17.7. The maximum absolute atomic E-state index is 5.88. The molecule has 3 nitrogen and oxygen atoms in total. The summed E-state index contributed by atoms with van der Waals surface area (Å²) in [5.74, 6) is 0. The van der Waals surface area contributed by atoms with E-state index in [2.05, 4.69) is 43.9 Å². The van der Waals surface area contributed by atoms with Gasteiger partial charge in [0.05, 0.1) is 32.3 Å². The topological polar surface area (TPSA) is 27.3 Å². The first-order valence-electron chi connectivity index (χ1n) is 7.49. The van der Waals surface area contributed by atoms with Crippen molar-refractivity contribution in [2.24, 2.45) is 0 Å². The minimum Gasteiger partial charge on any atom is -0.411 e. The van der Waals surface area contributed by atoms with E-state index >= 15 is 0 Å². The molecule has 0 spiro atoms. The molecule has 1 saturated carbocycles. The largest absolute Gasteiger partial charge is 0.411 e. The van der Waals surface area contributed by atoms with Gasteiger partial charge in [-0.1, -0.05) is 18.2 Å². The Kier molecular flexibility index (Phi) is 9.56. The number of hydrogen-bond donors (Lipinski definition) is 2. The van der Waals surface area contributed by atoms with Crippen molar-refractivity contribution in [1.82, 2.24) is 9.30 Å². The molecule has 0 atom stereocenters. The minimum atomic E-state index is -0.437. The predicted octanol–water partition coefficient (Wildman–Crippen LogP) is 1.33. The minimum absolute atomic E-state index is 0.0464. The van der Waals surface area contributed by atoms with Gasteiger partial charge in [0.25, 0.3) is 0 Å². The smallest absolute Gasteiger partial charge is 0.185 e. The van der Waals surface area contributed by atoms with Gasteiger partial charge in [0, 0.05) is 5.69 Å². The lowest BCUT2D eigenvalue weighted by atomic mass is 9.97. The number of anilines is 1. The van der Waals surface area contributed by atoms with E-state index in [-0.39, 0.29) is 29.5 Å². The van der Waals surface area contributed by atoms with Crippen molar-refractivity contribution in [3.8, 4) is 0 Å². The summed E-state index contributed by atoms with van der Waals surface area (Å²) in [4.78, 5) is 0. The Morgan fingerprint density at radius 2 is 1.04 bits per heavy atom. The van der Waals surface area contributed by atoms with Gasteiger partial charge in [0.2, 0.25) is 0 Å². The Hall–Kier alpha value is 1.33. The molecule has 0 amide bonds. The fourth-order valence-corrected chi connectivity index (χ4v) is 14.2. The Labute approximate surface area is 179 Å². The maximum atomic E-state index is 5.88. The summed E-state index contributed by atoms with van der Waals surface area (Å²) in [5.41, 5.74) is 1.41. The molecule has 1 aromatic rings. The van der Waals surface area contributed by atoms with Gasteiger partial charge in [-0.3, -0.25) is 0 Å². The summed E-state index contributed by atoms with van der Waals surface area (Å²) in [7, 11) is -0.309. The molecule has 2 N–H and O–H groups in total. The number of para-hydroxylation sites is 1. The van der Waals surface area contributed by atoms with E-state index < -0.39 is 32.3 Å². The third-order valence-corrected chi connectivity index (χ3v) is 14.5. The first kappa shape index (κ1) is 21.6. The van der Waals surface area contributed by atoms with Gasteiger partial charge in [-0.05, 0) is 12.1 Å². The number of alkyl halides is 6. The molecule has 24 heavy (non-hydrogen) atoms. The molecule has 0 radical (unpaired) electrons. The number of hydrogen-bond acceptors (Lipinski definition) is 3. The highest BCUT2D eigenvalue weighted by Crippen LogP contribution is 2.39. The second kappa shape index (κ2) is 10.6. The van der Waals surface area contributed by atoms with E-state index in [1.807, 2.05) is 0 Å². The highest BCUT2D eigenvalue weighted by atomic mass is 35.5. The zero-order valence-electron chi connectivity index (χ0n) is 12.7. The quantitative estimate of drug-likeness (QED) is 0.449. The molecule has 136 valence electrons. The molecule has 1 heterocycles. The van der Waals surface area contributed by atoms with Crippen LogP contribution in [0.4, 0.5) is 5.69 Å². The first-order chi connectivity index (χ1) is 11.4. The van der Waals surface area contributed by atoms with Gasteiger partial charge >= 0.3 is 0 Å². The van der Waals surface area contributed by atoms with Crippen LogP contribution in [0.3, 0.4) is 0 Å². The Bertz CT molecular complexity index is 440. The molecule has 1 saturated heterocycles. The SMILES string of the molecule is ClC1C(Cl)C(Cl)C(Cl)C(Cl)C1Cl.c1ccc(N2[SiH2]N[SiH2]N[SiH2]2)cc1. The summed E-state index contributed by atoms with van der Waals surface area (Å²) < 4.78 is 9.69. The molecule has 2 aliphatic rings. The number of nitrogens with zero attached hydrogens (tertiary/aromatic N) is 1. The van der Waals surface area contributed by atoms with Gasteiger partial charge < -0.3 is 13.5 Å². The summed E-state index contributed by atoms with van der Waals surface area (Å²) in [6.07, 6.45) is 0.